The van der Waals surface area contributed by atoms with Crippen LogP contribution in [0.3, 0.4) is 0 Å². The van der Waals surface area contributed by atoms with E-state index in [0.29, 0.717) is 33.9 Å². The molecular formula is C22H19ClF4N4O3. The number of likely N-dealkylation sites (tertiary alicyclic amines) is 1. The molecule has 1 aliphatic rings. The van der Waals surface area contributed by atoms with Gasteiger partial charge in [0.1, 0.15) is 24.1 Å². The Labute approximate surface area is 196 Å². The highest BCUT2D eigenvalue weighted by atomic mass is 35.5. The Hall–Kier alpha value is -3.34. The van der Waals surface area contributed by atoms with E-state index in [1.54, 1.807) is 12.1 Å². The van der Waals surface area contributed by atoms with Gasteiger partial charge in [-0.25, -0.2) is 14.4 Å². The lowest BCUT2D eigenvalue weighted by Crippen LogP contribution is -2.47. The standard InChI is InChI=1S/C22H19ClF4N4O3/c1-33-18-10-17-14(20(29-11-28-17)30-12-2-3-16(24)15(23)8-12)9-19(18)34-13-4-6-31(7-5-13)21(32)22(25,26)27/h2-3,8-11,13H,4-7H2,1H3,(H,28,29,30). The molecule has 1 aliphatic heterocycles. The number of piperidine rings is 1. The van der Waals surface area contributed by atoms with Crippen molar-refractivity contribution in [1.82, 2.24) is 14.9 Å². The number of hydrogen-bond donors (Lipinski definition) is 1. The molecule has 3 aromatic rings. The first-order valence-electron chi connectivity index (χ1n) is 10.2. The van der Waals surface area contributed by atoms with Crippen LogP contribution in [0.5, 0.6) is 11.5 Å². The fraction of sp³-hybridized carbons (Fsp3) is 0.318. The average Bonchev–Trinajstić information content (AvgIpc) is 2.81. The maximum Gasteiger partial charge on any atom is 0.471 e. The van der Waals surface area contributed by atoms with Gasteiger partial charge < -0.3 is 19.7 Å². The van der Waals surface area contributed by atoms with Crippen LogP contribution in [0.1, 0.15) is 12.8 Å². The molecule has 1 N–H and O–H groups in total. The second-order valence-electron chi connectivity index (χ2n) is 7.60. The van der Waals surface area contributed by atoms with Gasteiger partial charge in [0.05, 0.1) is 17.6 Å². The van der Waals surface area contributed by atoms with E-state index in [1.807, 2.05) is 0 Å². The second kappa shape index (κ2) is 9.49. The number of nitrogens with zero attached hydrogens (tertiary/aromatic N) is 3. The van der Waals surface area contributed by atoms with E-state index >= 15 is 0 Å². The van der Waals surface area contributed by atoms with Crippen molar-refractivity contribution in [2.45, 2.75) is 25.1 Å². The average molecular weight is 499 g/mol. The summed E-state index contributed by atoms with van der Waals surface area (Å²) >= 11 is 5.86. The van der Waals surface area contributed by atoms with Crippen molar-refractivity contribution < 1.29 is 31.8 Å². The zero-order valence-electron chi connectivity index (χ0n) is 17.8. The highest BCUT2D eigenvalue weighted by molar-refractivity contribution is 6.31. The van der Waals surface area contributed by atoms with E-state index in [1.165, 1.54) is 31.6 Å². The van der Waals surface area contributed by atoms with E-state index in [0.717, 1.165) is 4.90 Å². The van der Waals surface area contributed by atoms with Crippen LogP contribution in [-0.2, 0) is 4.79 Å². The Morgan fingerprint density at radius 3 is 2.53 bits per heavy atom. The highest BCUT2D eigenvalue weighted by Gasteiger charge is 2.43. The number of amides is 1. The van der Waals surface area contributed by atoms with Crippen LogP contribution in [-0.4, -0.2) is 53.3 Å². The molecule has 1 saturated heterocycles. The van der Waals surface area contributed by atoms with Crippen molar-refractivity contribution in [1.29, 1.82) is 0 Å². The summed E-state index contributed by atoms with van der Waals surface area (Å²) in [6.45, 7) is -0.139. The third-order valence-electron chi connectivity index (χ3n) is 5.37. The first kappa shape index (κ1) is 23.8. The number of hydrogen-bond acceptors (Lipinski definition) is 6. The van der Waals surface area contributed by atoms with Crippen LogP contribution in [0.15, 0.2) is 36.7 Å². The van der Waals surface area contributed by atoms with Crippen LogP contribution in [0.2, 0.25) is 5.02 Å². The van der Waals surface area contributed by atoms with Gasteiger partial charge in [0.2, 0.25) is 0 Å². The minimum atomic E-state index is -4.90. The van der Waals surface area contributed by atoms with Gasteiger partial charge in [0, 0.05) is 43.1 Å². The number of methoxy groups -OCH3 is 1. The Bertz CT molecular complexity index is 1220. The second-order valence-corrected chi connectivity index (χ2v) is 8.01. The van der Waals surface area contributed by atoms with E-state index in [-0.39, 0.29) is 31.0 Å². The van der Waals surface area contributed by atoms with Gasteiger partial charge in [-0.15, -0.1) is 0 Å². The third-order valence-corrected chi connectivity index (χ3v) is 5.66. The van der Waals surface area contributed by atoms with Crippen LogP contribution in [0.25, 0.3) is 10.9 Å². The van der Waals surface area contributed by atoms with E-state index in [9.17, 15) is 22.4 Å². The number of aromatic nitrogens is 2. The minimum Gasteiger partial charge on any atom is -0.493 e. The number of rotatable bonds is 5. The summed E-state index contributed by atoms with van der Waals surface area (Å²) in [6, 6.07) is 7.46. The molecule has 180 valence electrons. The molecule has 1 amide bonds. The van der Waals surface area contributed by atoms with Crippen LogP contribution < -0.4 is 14.8 Å². The summed E-state index contributed by atoms with van der Waals surface area (Å²) < 4.78 is 63.0. The van der Waals surface area contributed by atoms with E-state index in [4.69, 9.17) is 21.1 Å². The highest BCUT2D eigenvalue weighted by Crippen LogP contribution is 2.36. The molecule has 12 heteroatoms. The summed E-state index contributed by atoms with van der Waals surface area (Å²) in [4.78, 5) is 20.7. The number of fused-ring (bicyclic) bond motifs is 1. The molecule has 1 fully saturated rings. The largest absolute Gasteiger partial charge is 0.493 e. The lowest BCUT2D eigenvalue weighted by molar-refractivity contribution is -0.187. The van der Waals surface area contributed by atoms with Crippen molar-refractivity contribution in [2.75, 3.05) is 25.5 Å². The van der Waals surface area contributed by atoms with E-state index < -0.39 is 24.0 Å². The Balaban J connectivity index is 1.56. The first-order valence-corrected chi connectivity index (χ1v) is 10.6. The summed E-state index contributed by atoms with van der Waals surface area (Å²) in [5.41, 5.74) is 1.05. The van der Waals surface area contributed by atoms with Gasteiger partial charge in [-0.3, -0.25) is 4.79 Å². The zero-order valence-corrected chi connectivity index (χ0v) is 18.6. The van der Waals surface area contributed by atoms with Gasteiger partial charge in [0.15, 0.2) is 11.5 Å². The number of nitrogens with one attached hydrogen (secondary N) is 1. The lowest BCUT2D eigenvalue weighted by Gasteiger charge is -2.32. The van der Waals surface area contributed by atoms with Gasteiger partial charge in [-0.05, 0) is 24.3 Å². The molecule has 2 heterocycles. The minimum absolute atomic E-state index is 0.0515. The maximum atomic E-state index is 13.5. The molecule has 34 heavy (non-hydrogen) atoms. The first-order chi connectivity index (χ1) is 16.2. The quantitative estimate of drug-likeness (QED) is 0.493. The van der Waals surface area contributed by atoms with Crippen molar-refractivity contribution in [2.24, 2.45) is 0 Å². The van der Waals surface area contributed by atoms with Crippen molar-refractivity contribution in [3.8, 4) is 11.5 Å². The number of carbonyl (C=O) groups is 1. The predicted molar refractivity (Wildman–Crippen MR) is 117 cm³/mol. The van der Waals surface area contributed by atoms with Crippen molar-refractivity contribution >= 4 is 39.9 Å². The third kappa shape index (κ3) is 5.09. The normalized spacial score (nSPS) is 14.8. The molecule has 7 nitrogen and oxygen atoms in total. The van der Waals surface area contributed by atoms with Gasteiger partial charge in [-0.1, -0.05) is 11.6 Å². The molecule has 0 aliphatic carbocycles. The topological polar surface area (TPSA) is 76.6 Å². The number of ether oxygens (including phenoxy) is 2. The predicted octanol–water partition coefficient (Wildman–Crippen LogP) is 5.11. The Morgan fingerprint density at radius 2 is 1.88 bits per heavy atom. The molecule has 0 spiro atoms. The molecule has 2 aromatic carbocycles. The molecule has 0 radical (unpaired) electrons. The molecular weight excluding hydrogens is 480 g/mol. The number of anilines is 2. The molecule has 0 unspecified atom stereocenters. The van der Waals surface area contributed by atoms with Gasteiger partial charge in [0.25, 0.3) is 0 Å². The monoisotopic (exact) mass is 498 g/mol. The number of halogens is 5. The SMILES string of the molecule is COc1cc2ncnc(Nc3ccc(F)c(Cl)c3)c2cc1OC1CCN(C(=O)C(F)(F)F)CC1. The van der Waals surface area contributed by atoms with Crippen LogP contribution in [0.4, 0.5) is 29.1 Å². The van der Waals surface area contributed by atoms with Crippen LogP contribution in [0, 0.1) is 5.82 Å². The summed E-state index contributed by atoms with van der Waals surface area (Å²) in [5, 5.41) is 3.59. The fourth-order valence-corrected chi connectivity index (χ4v) is 3.84. The Kier molecular flexibility index (Phi) is 6.65. The number of alkyl halides is 3. The molecule has 1 aromatic heterocycles. The summed E-state index contributed by atoms with van der Waals surface area (Å²) in [6.07, 6.45) is -3.50. The van der Waals surface area contributed by atoms with Gasteiger partial charge in [-0.2, -0.15) is 13.2 Å². The van der Waals surface area contributed by atoms with E-state index in [2.05, 4.69) is 15.3 Å². The van der Waals surface area contributed by atoms with Crippen molar-refractivity contribution in [3.05, 3.63) is 47.5 Å². The molecule has 0 bridgehead atoms. The Morgan fingerprint density at radius 1 is 1.15 bits per heavy atom. The zero-order chi connectivity index (χ0) is 24.5. The fourth-order valence-electron chi connectivity index (χ4n) is 3.66. The summed E-state index contributed by atoms with van der Waals surface area (Å²) in [5.74, 6) is -1.25. The van der Waals surface area contributed by atoms with Crippen LogP contribution >= 0.6 is 11.6 Å². The summed E-state index contributed by atoms with van der Waals surface area (Å²) in [7, 11) is 1.46. The van der Waals surface area contributed by atoms with Crippen molar-refractivity contribution in [3.63, 3.8) is 0 Å². The number of benzene rings is 2. The molecule has 0 atom stereocenters. The smallest absolute Gasteiger partial charge is 0.471 e. The van der Waals surface area contributed by atoms with Gasteiger partial charge >= 0.3 is 12.1 Å². The maximum absolute atomic E-state index is 13.5. The lowest BCUT2D eigenvalue weighted by atomic mass is 10.1. The molecule has 4 rings (SSSR count). The molecule has 0 saturated carbocycles. The number of carbonyl (C=O) groups excluding carboxylic acids is 1.